The summed E-state index contributed by atoms with van der Waals surface area (Å²) >= 11 is 0. The van der Waals surface area contributed by atoms with Crippen LogP contribution in [-0.2, 0) is 4.79 Å². The molecule has 1 saturated carbocycles. The van der Waals surface area contributed by atoms with Crippen LogP contribution in [0.2, 0.25) is 0 Å². The summed E-state index contributed by atoms with van der Waals surface area (Å²) in [4.78, 5) is 18.5. The Bertz CT molecular complexity index is 618. The summed E-state index contributed by atoms with van der Waals surface area (Å²) in [5.74, 6) is 0.504. The number of aromatic nitrogens is 1. The number of para-hydroxylation sites is 2. The molecule has 0 radical (unpaired) electrons. The van der Waals surface area contributed by atoms with E-state index in [4.69, 9.17) is 4.42 Å². The lowest BCUT2D eigenvalue weighted by Crippen LogP contribution is -2.37. The van der Waals surface area contributed by atoms with Crippen molar-refractivity contribution in [2.45, 2.75) is 38.8 Å². The molecule has 1 aliphatic rings. The highest BCUT2D eigenvalue weighted by atomic mass is 16.3. The van der Waals surface area contributed by atoms with E-state index in [-0.39, 0.29) is 11.9 Å². The fraction of sp³-hybridized carbons (Fsp3) is 0.375. The minimum absolute atomic E-state index is 0.0322. The highest BCUT2D eigenvalue weighted by molar-refractivity contribution is 5.92. The van der Waals surface area contributed by atoms with Crippen LogP contribution in [0.5, 0.6) is 0 Å². The van der Waals surface area contributed by atoms with E-state index in [1.807, 2.05) is 43.0 Å². The van der Waals surface area contributed by atoms with Gasteiger partial charge in [-0.1, -0.05) is 12.1 Å². The number of carbonyl (C=O) groups excluding carboxylic acids is 1. The van der Waals surface area contributed by atoms with Gasteiger partial charge >= 0.3 is 0 Å². The van der Waals surface area contributed by atoms with Crippen molar-refractivity contribution in [1.82, 2.24) is 9.88 Å². The SMILES string of the molecule is CC(C)N(C(=O)/C=C/c1nc2ccccc2o1)C1CC1. The molecule has 0 unspecified atom stereocenters. The van der Waals surface area contributed by atoms with Crippen LogP contribution in [0, 0.1) is 0 Å². The maximum atomic E-state index is 12.2. The highest BCUT2D eigenvalue weighted by Crippen LogP contribution is 2.29. The van der Waals surface area contributed by atoms with Crippen molar-refractivity contribution in [2.75, 3.05) is 0 Å². The van der Waals surface area contributed by atoms with Gasteiger partial charge in [0.1, 0.15) is 5.52 Å². The van der Waals surface area contributed by atoms with E-state index in [1.54, 1.807) is 12.2 Å². The fourth-order valence-corrected chi connectivity index (χ4v) is 2.40. The second kappa shape index (κ2) is 5.12. The zero-order valence-corrected chi connectivity index (χ0v) is 11.7. The third kappa shape index (κ3) is 2.59. The molecule has 0 atom stereocenters. The van der Waals surface area contributed by atoms with Crippen LogP contribution in [0.4, 0.5) is 0 Å². The van der Waals surface area contributed by atoms with Crippen molar-refractivity contribution in [3.63, 3.8) is 0 Å². The first kappa shape index (κ1) is 12.9. The Balaban J connectivity index is 1.77. The molecule has 0 N–H and O–H groups in total. The highest BCUT2D eigenvalue weighted by Gasteiger charge is 2.33. The summed E-state index contributed by atoms with van der Waals surface area (Å²) in [5.41, 5.74) is 1.55. The van der Waals surface area contributed by atoms with Gasteiger partial charge in [-0.05, 0) is 38.8 Å². The first-order valence-electron chi connectivity index (χ1n) is 7.01. The van der Waals surface area contributed by atoms with Crippen LogP contribution in [0.15, 0.2) is 34.8 Å². The molecular formula is C16H18N2O2. The molecule has 2 aromatic rings. The third-order valence-electron chi connectivity index (χ3n) is 3.43. The smallest absolute Gasteiger partial charge is 0.247 e. The average molecular weight is 270 g/mol. The number of fused-ring (bicyclic) bond motifs is 1. The van der Waals surface area contributed by atoms with Crippen molar-refractivity contribution in [2.24, 2.45) is 0 Å². The van der Waals surface area contributed by atoms with Gasteiger partial charge in [-0.15, -0.1) is 0 Å². The maximum absolute atomic E-state index is 12.2. The molecule has 1 aromatic heterocycles. The molecule has 4 heteroatoms. The summed E-state index contributed by atoms with van der Waals surface area (Å²) in [7, 11) is 0. The van der Waals surface area contributed by atoms with E-state index in [0.29, 0.717) is 11.9 Å². The van der Waals surface area contributed by atoms with Crippen LogP contribution in [-0.4, -0.2) is 27.9 Å². The summed E-state index contributed by atoms with van der Waals surface area (Å²) in [6.45, 7) is 4.09. The Labute approximate surface area is 118 Å². The normalized spacial score (nSPS) is 15.3. The standard InChI is InChI=1S/C16H18N2O2/c1-11(2)18(12-7-8-12)16(19)10-9-15-17-13-5-3-4-6-14(13)20-15/h3-6,9-12H,7-8H2,1-2H3/b10-9+. The molecule has 1 amide bonds. The van der Waals surface area contributed by atoms with Gasteiger partial charge in [0.15, 0.2) is 5.58 Å². The number of amides is 1. The number of nitrogens with zero attached hydrogens (tertiary/aromatic N) is 2. The first-order chi connectivity index (χ1) is 9.65. The van der Waals surface area contributed by atoms with Gasteiger partial charge in [-0.2, -0.15) is 0 Å². The van der Waals surface area contributed by atoms with Crippen molar-refractivity contribution < 1.29 is 9.21 Å². The Morgan fingerprint density at radius 3 is 2.80 bits per heavy atom. The van der Waals surface area contributed by atoms with Gasteiger partial charge in [0, 0.05) is 24.2 Å². The topological polar surface area (TPSA) is 46.3 Å². The molecular weight excluding hydrogens is 252 g/mol. The van der Waals surface area contributed by atoms with Crippen LogP contribution in [0.3, 0.4) is 0 Å². The van der Waals surface area contributed by atoms with E-state index in [1.165, 1.54) is 0 Å². The first-order valence-corrected chi connectivity index (χ1v) is 7.01. The summed E-state index contributed by atoms with van der Waals surface area (Å²) < 4.78 is 5.57. The number of carbonyl (C=O) groups is 1. The number of hydrogen-bond acceptors (Lipinski definition) is 3. The van der Waals surface area contributed by atoms with Gasteiger partial charge in [-0.25, -0.2) is 4.98 Å². The molecule has 1 fully saturated rings. The monoisotopic (exact) mass is 270 g/mol. The Morgan fingerprint density at radius 2 is 2.15 bits per heavy atom. The molecule has 1 aliphatic carbocycles. The van der Waals surface area contributed by atoms with Crippen LogP contribution < -0.4 is 0 Å². The van der Waals surface area contributed by atoms with Gasteiger partial charge in [0.2, 0.25) is 11.8 Å². The van der Waals surface area contributed by atoms with Gasteiger partial charge < -0.3 is 9.32 Å². The van der Waals surface area contributed by atoms with Crippen LogP contribution in [0.25, 0.3) is 17.2 Å². The number of oxazole rings is 1. The Kier molecular flexibility index (Phi) is 3.30. The molecule has 104 valence electrons. The largest absolute Gasteiger partial charge is 0.437 e. The summed E-state index contributed by atoms with van der Waals surface area (Å²) in [5, 5.41) is 0. The van der Waals surface area contributed by atoms with E-state index in [2.05, 4.69) is 4.98 Å². The minimum atomic E-state index is 0.0322. The summed E-state index contributed by atoms with van der Waals surface area (Å²) in [6.07, 6.45) is 5.43. The van der Waals surface area contributed by atoms with Crippen LogP contribution in [0.1, 0.15) is 32.6 Å². The number of benzene rings is 1. The molecule has 0 aliphatic heterocycles. The van der Waals surface area contributed by atoms with Gasteiger partial charge in [0.25, 0.3) is 0 Å². The van der Waals surface area contributed by atoms with Gasteiger partial charge in [0.05, 0.1) is 0 Å². The van der Waals surface area contributed by atoms with E-state index in [0.717, 1.165) is 23.9 Å². The quantitative estimate of drug-likeness (QED) is 0.801. The lowest BCUT2D eigenvalue weighted by Gasteiger charge is -2.25. The van der Waals surface area contributed by atoms with Crippen LogP contribution >= 0.6 is 0 Å². The molecule has 0 bridgehead atoms. The zero-order chi connectivity index (χ0) is 14.1. The Morgan fingerprint density at radius 1 is 1.40 bits per heavy atom. The minimum Gasteiger partial charge on any atom is -0.437 e. The van der Waals surface area contributed by atoms with Crippen molar-refractivity contribution >= 4 is 23.1 Å². The van der Waals surface area contributed by atoms with Gasteiger partial charge in [-0.3, -0.25) is 4.79 Å². The lowest BCUT2D eigenvalue weighted by molar-refractivity contribution is -0.128. The molecule has 3 rings (SSSR count). The second-order valence-electron chi connectivity index (χ2n) is 5.42. The van der Waals surface area contributed by atoms with E-state index < -0.39 is 0 Å². The predicted octanol–water partition coefficient (Wildman–Crippen LogP) is 3.24. The van der Waals surface area contributed by atoms with Crippen molar-refractivity contribution in [3.8, 4) is 0 Å². The molecule has 4 nitrogen and oxygen atoms in total. The van der Waals surface area contributed by atoms with Crippen molar-refractivity contribution in [3.05, 3.63) is 36.2 Å². The number of rotatable bonds is 4. The fourth-order valence-electron chi connectivity index (χ4n) is 2.40. The van der Waals surface area contributed by atoms with E-state index in [9.17, 15) is 4.79 Å². The molecule has 0 spiro atoms. The molecule has 1 heterocycles. The average Bonchev–Trinajstić information content (AvgIpc) is 3.14. The summed E-state index contributed by atoms with van der Waals surface area (Å²) in [6, 6.07) is 8.21. The number of hydrogen-bond donors (Lipinski definition) is 0. The lowest BCUT2D eigenvalue weighted by atomic mass is 10.3. The molecule has 0 saturated heterocycles. The molecule has 1 aromatic carbocycles. The third-order valence-corrected chi connectivity index (χ3v) is 3.43. The molecule has 20 heavy (non-hydrogen) atoms. The zero-order valence-electron chi connectivity index (χ0n) is 11.7. The Hall–Kier alpha value is -2.10. The predicted molar refractivity (Wildman–Crippen MR) is 78.0 cm³/mol. The second-order valence-corrected chi connectivity index (χ2v) is 5.42. The van der Waals surface area contributed by atoms with Crippen molar-refractivity contribution in [1.29, 1.82) is 0 Å². The maximum Gasteiger partial charge on any atom is 0.247 e. The van der Waals surface area contributed by atoms with E-state index >= 15 is 0 Å².